The van der Waals surface area contributed by atoms with Crippen LogP contribution in [0, 0.1) is 5.92 Å². The quantitative estimate of drug-likeness (QED) is 0.693. The summed E-state index contributed by atoms with van der Waals surface area (Å²) in [5.74, 6) is -0.373. The summed E-state index contributed by atoms with van der Waals surface area (Å²) in [5.41, 5.74) is 0. The fourth-order valence-corrected chi connectivity index (χ4v) is 1.72. The number of carboxylic acid groups (broad SMARTS) is 1. The van der Waals surface area contributed by atoms with Gasteiger partial charge < -0.3 is 14.7 Å². The molecule has 1 aliphatic heterocycles. The van der Waals surface area contributed by atoms with Gasteiger partial charge in [-0.1, -0.05) is 0 Å². The molecule has 0 aromatic carbocycles. The molecule has 0 bridgehead atoms. The van der Waals surface area contributed by atoms with Gasteiger partial charge >= 0.3 is 5.97 Å². The predicted molar refractivity (Wildman–Crippen MR) is 48.7 cm³/mol. The summed E-state index contributed by atoms with van der Waals surface area (Å²) in [6.07, 6.45) is 2.35. The van der Waals surface area contributed by atoms with Crippen LogP contribution in [-0.2, 0) is 9.53 Å². The Labute approximate surface area is 78.5 Å². The number of hydrogen-bond acceptors (Lipinski definition) is 3. The van der Waals surface area contributed by atoms with Crippen molar-refractivity contribution in [3.05, 3.63) is 0 Å². The van der Waals surface area contributed by atoms with E-state index in [0.29, 0.717) is 12.5 Å². The maximum Gasteiger partial charge on any atom is 0.329 e. The molecule has 4 nitrogen and oxygen atoms in total. The number of ether oxygens (including phenoxy) is 1. The van der Waals surface area contributed by atoms with Crippen molar-refractivity contribution in [1.82, 2.24) is 4.90 Å². The summed E-state index contributed by atoms with van der Waals surface area (Å²) in [4.78, 5) is 12.4. The zero-order valence-corrected chi connectivity index (χ0v) is 8.03. The smallest absolute Gasteiger partial charge is 0.329 e. The van der Waals surface area contributed by atoms with Crippen LogP contribution < -0.4 is 0 Å². The lowest BCUT2D eigenvalue weighted by molar-refractivity contribution is -0.142. The topological polar surface area (TPSA) is 49.8 Å². The minimum absolute atomic E-state index is 0.166. The Morgan fingerprint density at radius 1 is 1.69 bits per heavy atom. The van der Waals surface area contributed by atoms with E-state index in [1.165, 1.54) is 6.42 Å². The largest absolute Gasteiger partial charge is 0.480 e. The second-order valence-electron chi connectivity index (χ2n) is 3.68. The van der Waals surface area contributed by atoms with E-state index in [1.54, 1.807) is 0 Å². The zero-order chi connectivity index (χ0) is 9.68. The Morgan fingerprint density at radius 2 is 2.46 bits per heavy atom. The van der Waals surface area contributed by atoms with Gasteiger partial charge in [-0.25, -0.2) is 4.79 Å². The van der Waals surface area contributed by atoms with Gasteiger partial charge in [0, 0.05) is 6.54 Å². The first kappa shape index (κ1) is 10.5. The van der Waals surface area contributed by atoms with Crippen molar-refractivity contribution in [1.29, 1.82) is 0 Å². The predicted octanol–water partition coefficient (Wildman–Crippen LogP) is 0.429. The standard InChI is InChI=1S/C9H17NO3/c1-10-4-2-3-8(5-10)6-13-7-9(11)12/h8H,2-7H2,1H3,(H,11,12)/t8-/m1/s1. The van der Waals surface area contributed by atoms with Gasteiger partial charge in [-0.2, -0.15) is 0 Å². The molecule has 0 unspecified atom stereocenters. The van der Waals surface area contributed by atoms with Gasteiger partial charge in [0.15, 0.2) is 0 Å². The average Bonchev–Trinajstić information content (AvgIpc) is 2.03. The van der Waals surface area contributed by atoms with Crippen LogP contribution >= 0.6 is 0 Å². The molecule has 13 heavy (non-hydrogen) atoms. The molecule has 0 saturated carbocycles. The van der Waals surface area contributed by atoms with Crippen molar-refractivity contribution in [2.75, 3.05) is 33.4 Å². The molecule has 0 aliphatic carbocycles. The van der Waals surface area contributed by atoms with Gasteiger partial charge in [-0.05, 0) is 32.4 Å². The highest BCUT2D eigenvalue weighted by molar-refractivity contribution is 5.67. The number of nitrogens with zero attached hydrogens (tertiary/aromatic N) is 1. The average molecular weight is 187 g/mol. The first-order valence-corrected chi connectivity index (χ1v) is 4.66. The fraction of sp³-hybridized carbons (Fsp3) is 0.889. The molecule has 1 fully saturated rings. The van der Waals surface area contributed by atoms with Crippen LogP contribution in [0.4, 0.5) is 0 Å². The lowest BCUT2D eigenvalue weighted by Gasteiger charge is -2.29. The molecular formula is C9H17NO3. The number of rotatable bonds is 4. The SMILES string of the molecule is CN1CCC[C@@H](COCC(=O)O)C1. The van der Waals surface area contributed by atoms with Crippen LogP contribution in [0.1, 0.15) is 12.8 Å². The third kappa shape index (κ3) is 4.24. The molecule has 1 saturated heterocycles. The van der Waals surface area contributed by atoms with Crippen molar-refractivity contribution in [3.8, 4) is 0 Å². The monoisotopic (exact) mass is 187 g/mol. The Morgan fingerprint density at radius 3 is 3.08 bits per heavy atom. The molecule has 0 aromatic heterocycles. The summed E-state index contributed by atoms with van der Waals surface area (Å²) in [7, 11) is 2.09. The Balaban J connectivity index is 2.10. The molecule has 1 rings (SSSR count). The molecule has 4 heteroatoms. The van der Waals surface area contributed by atoms with Gasteiger partial charge in [0.1, 0.15) is 6.61 Å². The molecule has 0 amide bonds. The summed E-state index contributed by atoms with van der Waals surface area (Å²) in [5, 5.41) is 8.36. The van der Waals surface area contributed by atoms with Gasteiger partial charge in [-0.15, -0.1) is 0 Å². The van der Waals surface area contributed by atoms with Crippen LogP contribution in [0.15, 0.2) is 0 Å². The Bertz CT molecular complexity index is 172. The third-order valence-corrected chi connectivity index (χ3v) is 2.30. The number of piperidine rings is 1. The van der Waals surface area contributed by atoms with Crippen molar-refractivity contribution in [2.24, 2.45) is 5.92 Å². The second kappa shape index (κ2) is 5.19. The molecule has 0 spiro atoms. The summed E-state index contributed by atoms with van der Waals surface area (Å²) in [6, 6.07) is 0. The van der Waals surface area contributed by atoms with E-state index in [-0.39, 0.29) is 6.61 Å². The number of carboxylic acids is 1. The normalized spacial score (nSPS) is 24.5. The number of aliphatic carboxylic acids is 1. The molecule has 1 heterocycles. The molecule has 0 radical (unpaired) electrons. The molecule has 1 atom stereocenters. The number of hydrogen-bond donors (Lipinski definition) is 1. The van der Waals surface area contributed by atoms with E-state index in [2.05, 4.69) is 11.9 Å². The van der Waals surface area contributed by atoms with Gasteiger partial charge in [0.2, 0.25) is 0 Å². The van der Waals surface area contributed by atoms with Crippen molar-refractivity contribution < 1.29 is 14.6 Å². The van der Waals surface area contributed by atoms with Crippen LogP contribution in [-0.4, -0.2) is 49.3 Å². The number of likely N-dealkylation sites (tertiary alicyclic amines) is 1. The summed E-state index contributed by atoms with van der Waals surface area (Å²) < 4.78 is 5.06. The molecule has 0 aromatic rings. The van der Waals surface area contributed by atoms with E-state index in [9.17, 15) is 4.79 Å². The van der Waals surface area contributed by atoms with E-state index < -0.39 is 5.97 Å². The van der Waals surface area contributed by atoms with Crippen LogP contribution in [0.3, 0.4) is 0 Å². The van der Waals surface area contributed by atoms with Gasteiger partial charge in [-0.3, -0.25) is 0 Å². The lowest BCUT2D eigenvalue weighted by Crippen LogP contribution is -2.34. The van der Waals surface area contributed by atoms with Crippen molar-refractivity contribution in [2.45, 2.75) is 12.8 Å². The van der Waals surface area contributed by atoms with Crippen LogP contribution in [0.25, 0.3) is 0 Å². The van der Waals surface area contributed by atoms with Crippen LogP contribution in [0.2, 0.25) is 0 Å². The highest BCUT2D eigenvalue weighted by Gasteiger charge is 2.17. The minimum Gasteiger partial charge on any atom is -0.480 e. The summed E-state index contributed by atoms with van der Waals surface area (Å²) >= 11 is 0. The zero-order valence-electron chi connectivity index (χ0n) is 8.03. The first-order valence-electron chi connectivity index (χ1n) is 4.66. The molecule has 1 aliphatic rings. The van der Waals surface area contributed by atoms with Crippen LogP contribution in [0.5, 0.6) is 0 Å². The fourth-order valence-electron chi connectivity index (χ4n) is 1.72. The van der Waals surface area contributed by atoms with Crippen molar-refractivity contribution >= 4 is 5.97 Å². The summed E-state index contributed by atoms with van der Waals surface area (Å²) in [6.45, 7) is 2.59. The molecular weight excluding hydrogens is 170 g/mol. The van der Waals surface area contributed by atoms with Gasteiger partial charge in [0.05, 0.1) is 6.61 Å². The van der Waals surface area contributed by atoms with E-state index in [4.69, 9.17) is 9.84 Å². The first-order chi connectivity index (χ1) is 6.18. The Kier molecular flexibility index (Phi) is 4.18. The number of carbonyl (C=O) groups is 1. The maximum absolute atomic E-state index is 10.2. The van der Waals surface area contributed by atoms with E-state index in [1.807, 2.05) is 0 Å². The maximum atomic E-state index is 10.2. The molecule has 76 valence electrons. The lowest BCUT2D eigenvalue weighted by atomic mass is 10.00. The molecule has 1 N–H and O–H groups in total. The highest BCUT2D eigenvalue weighted by atomic mass is 16.5. The minimum atomic E-state index is -0.885. The van der Waals surface area contributed by atoms with E-state index in [0.717, 1.165) is 19.5 Å². The second-order valence-corrected chi connectivity index (χ2v) is 3.68. The van der Waals surface area contributed by atoms with Crippen molar-refractivity contribution in [3.63, 3.8) is 0 Å². The van der Waals surface area contributed by atoms with Gasteiger partial charge in [0.25, 0.3) is 0 Å². The van der Waals surface area contributed by atoms with E-state index >= 15 is 0 Å². The Hall–Kier alpha value is -0.610. The highest BCUT2D eigenvalue weighted by Crippen LogP contribution is 2.14. The third-order valence-electron chi connectivity index (χ3n) is 2.30.